The molecule has 1 amide bonds. The van der Waals surface area contributed by atoms with Gasteiger partial charge in [0.15, 0.2) is 0 Å². The monoisotopic (exact) mass is 726 g/mol. The molecule has 2 aliphatic rings. The van der Waals surface area contributed by atoms with E-state index in [0.717, 1.165) is 42.7 Å². The van der Waals surface area contributed by atoms with E-state index in [9.17, 15) is 49.1 Å². The van der Waals surface area contributed by atoms with E-state index in [1.54, 1.807) is 6.92 Å². The van der Waals surface area contributed by atoms with Crippen LogP contribution in [0, 0.1) is 11.8 Å². The third kappa shape index (κ3) is 10.1. The Hall–Kier alpha value is -3.85. The minimum Gasteiger partial charge on any atom is -0.466 e. The molecule has 1 aliphatic heterocycles. The van der Waals surface area contributed by atoms with Crippen LogP contribution in [0.3, 0.4) is 0 Å². The van der Waals surface area contributed by atoms with Gasteiger partial charge in [0, 0.05) is 25.2 Å². The van der Waals surface area contributed by atoms with Crippen molar-refractivity contribution >= 4 is 17.7 Å². The van der Waals surface area contributed by atoms with E-state index in [1.165, 1.54) is 13.0 Å². The van der Waals surface area contributed by atoms with Gasteiger partial charge in [0.2, 0.25) is 0 Å². The van der Waals surface area contributed by atoms with Crippen molar-refractivity contribution in [2.45, 2.75) is 96.7 Å². The van der Waals surface area contributed by atoms with Gasteiger partial charge in [-0.05, 0) is 105 Å². The van der Waals surface area contributed by atoms with Crippen LogP contribution in [-0.2, 0) is 33.2 Å². The van der Waals surface area contributed by atoms with Gasteiger partial charge in [-0.15, -0.1) is 13.2 Å². The van der Waals surface area contributed by atoms with Gasteiger partial charge in [0.05, 0.1) is 30.3 Å². The maximum Gasteiger partial charge on any atom is 0.573 e. The SMILES string of the molecule is CCCN(CC1CCC(CC(=O)OCC)CC1)c1ccc(OC(F)(F)F)cc1CN1C(=O)O[C@H](c2cc(C(F)(F)F)cc(C(F)(F)F)c2)[C@@H]1C. The molecule has 0 spiro atoms. The summed E-state index contributed by atoms with van der Waals surface area (Å²) in [6.07, 6.45) is -13.7. The normalized spacial score (nSPS) is 21.6. The van der Waals surface area contributed by atoms with Gasteiger partial charge in [-0.25, -0.2) is 4.79 Å². The number of benzene rings is 2. The molecule has 0 unspecified atom stereocenters. The maximum absolute atomic E-state index is 13.6. The fourth-order valence-electron chi connectivity index (χ4n) is 6.65. The average molecular weight is 727 g/mol. The smallest absolute Gasteiger partial charge is 0.466 e. The summed E-state index contributed by atoms with van der Waals surface area (Å²) in [4.78, 5) is 28.1. The number of carbonyl (C=O) groups is 2. The highest BCUT2D eigenvalue weighted by atomic mass is 19.4. The molecule has 4 rings (SSSR count). The van der Waals surface area contributed by atoms with Crippen molar-refractivity contribution in [2.75, 3.05) is 24.6 Å². The number of halogens is 9. The second kappa shape index (κ2) is 15.6. The number of anilines is 1. The van der Waals surface area contributed by atoms with Crippen molar-refractivity contribution in [2.24, 2.45) is 11.8 Å². The van der Waals surface area contributed by atoms with Gasteiger partial charge >= 0.3 is 30.8 Å². The van der Waals surface area contributed by atoms with Crippen molar-refractivity contribution in [1.82, 2.24) is 4.90 Å². The fraction of sp³-hybridized carbons (Fsp3) is 0.588. The van der Waals surface area contributed by atoms with Crippen LogP contribution < -0.4 is 9.64 Å². The van der Waals surface area contributed by atoms with Gasteiger partial charge in [-0.1, -0.05) is 6.92 Å². The molecule has 2 atom stereocenters. The summed E-state index contributed by atoms with van der Waals surface area (Å²) >= 11 is 0. The molecular formula is C34H39F9N2O5. The predicted octanol–water partition coefficient (Wildman–Crippen LogP) is 9.68. The first-order chi connectivity index (χ1) is 23.3. The molecule has 0 radical (unpaired) electrons. The molecule has 278 valence electrons. The number of amides is 1. The van der Waals surface area contributed by atoms with Crippen molar-refractivity contribution in [3.05, 3.63) is 58.7 Å². The van der Waals surface area contributed by atoms with Crippen molar-refractivity contribution in [1.29, 1.82) is 0 Å². The molecule has 2 aromatic carbocycles. The van der Waals surface area contributed by atoms with Crippen LogP contribution >= 0.6 is 0 Å². The van der Waals surface area contributed by atoms with Crippen LogP contribution in [0.1, 0.15) is 87.7 Å². The average Bonchev–Trinajstić information content (AvgIpc) is 3.28. The molecular weight excluding hydrogens is 687 g/mol. The molecule has 0 bridgehead atoms. The Labute approximate surface area is 283 Å². The van der Waals surface area contributed by atoms with Gasteiger partial charge in [-0.2, -0.15) is 26.3 Å². The Morgan fingerprint density at radius 2 is 1.50 bits per heavy atom. The van der Waals surface area contributed by atoms with Crippen molar-refractivity contribution in [3.63, 3.8) is 0 Å². The molecule has 1 aliphatic carbocycles. The topological polar surface area (TPSA) is 68.3 Å². The van der Waals surface area contributed by atoms with Crippen LogP contribution in [0.5, 0.6) is 5.75 Å². The van der Waals surface area contributed by atoms with E-state index in [-0.39, 0.29) is 36.0 Å². The molecule has 16 heteroatoms. The van der Waals surface area contributed by atoms with Crippen LogP contribution in [-0.4, -0.2) is 49.1 Å². The van der Waals surface area contributed by atoms with E-state index in [0.29, 0.717) is 50.4 Å². The first-order valence-corrected chi connectivity index (χ1v) is 16.3. The lowest BCUT2D eigenvalue weighted by atomic mass is 9.80. The molecule has 2 fully saturated rings. The highest BCUT2D eigenvalue weighted by Crippen LogP contribution is 2.42. The molecule has 2 aromatic rings. The first kappa shape index (κ1) is 38.9. The van der Waals surface area contributed by atoms with Crippen LogP contribution in [0.15, 0.2) is 36.4 Å². The molecule has 0 aromatic heterocycles. The number of alkyl halides is 9. The molecule has 1 saturated heterocycles. The van der Waals surface area contributed by atoms with E-state index in [2.05, 4.69) is 4.74 Å². The molecule has 1 saturated carbocycles. The van der Waals surface area contributed by atoms with E-state index in [1.807, 2.05) is 11.8 Å². The summed E-state index contributed by atoms with van der Waals surface area (Å²) in [6, 6.07) is 3.52. The number of hydrogen-bond acceptors (Lipinski definition) is 6. The summed E-state index contributed by atoms with van der Waals surface area (Å²) in [7, 11) is 0. The zero-order chi connectivity index (χ0) is 37.0. The highest BCUT2D eigenvalue weighted by Gasteiger charge is 2.44. The molecule has 7 nitrogen and oxygen atoms in total. The summed E-state index contributed by atoms with van der Waals surface area (Å²) in [5.74, 6) is -0.460. The minimum atomic E-state index is -5.13. The predicted molar refractivity (Wildman–Crippen MR) is 163 cm³/mol. The van der Waals surface area contributed by atoms with Crippen LogP contribution in [0.4, 0.5) is 50.0 Å². The van der Waals surface area contributed by atoms with E-state index in [4.69, 9.17) is 9.47 Å². The Morgan fingerprint density at radius 3 is 2.04 bits per heavy atom. The third-order valence-electron chi connectivity index (χ3n) is 9.00. The number of cyclic esters (lactones) is 1. The number of esters is 1. The molecule has 0 N–H and O–H groups in total. The largest absolute Gasteiger partial charge is 0.573 e. The Morgan fingerprint density at radius 1 is 0.900 bits per heavy atom. The second-order valence-corrected chi connectivity index (χ2v) is 12.7. The number of ether oxygens (including phenoxy) is 3. The standard InChI is InChI=1S/C34H39F9N2O5/c1-4-12-44(18-22-8-6-21(7-9-22)13-29(46)48-5-2)28-11-10-27(50-34(41,42)43)16-24(28)19-45-20(3)30(49-31(45)47)23-14-25(32(35,36)37)17-26(15-23)33(38,39)40/h10-11,14-17,20-22,30H,4-9,12-13,18-19H2,1-3H3/t20-,21?,22?,30-/m0/s1. The summed E-state index contributed by atoms with van der Waals surface area (Å²) in [5, 5.41) is 0. The zero-order valence-corrected chi connectivity index (χ0v) is 27.7. The van der Waals surface area contributed by atoms with E-state index >= 15 is 0 Å². The Balaban J connectivity index is 1.62. The van der Waals surface area contributed by atoms with Gasteiger partial charge in [0.1, 0.15) is 11.9 Å². The maximum atomic E-state index is 13.6. The lowest BCUT2D eigenvalue weighted by molar-refractivity contribution is -0.274. The van der Waals surface area contributed by atoms with Gasteiger partial charge in [-0.3, -0.25) is 9.69 Å². The molecule has 50 heavy (non-hydrogen) atoms. The van der Waals surface area contributed by atoms with E-state index < -0.39 is 59.4 Å². The number of rotatable bonds is 12. The first-order valence-electron chi connectivity index (χ1n) is 16.3. The molecule has 1 heterocycles. The Kier molecular flexibility index (Phi) is 12.1. The fourth-order valence-corrected chi connectivity index (χ4v) is 6.65. The van der Waals surface area contributed by atoms with Crippen LogP contribution in [0.2, 0.25) is 0 Å². The Bertz CT molecular complexity index is 1450. The quantitative estimate of drug-likeness (QED) is 0.160. The van der Waals surface area contributed by atoms with Gasteiger partial charge in [0.25, 0.3) is 0 Å². The summed E-state index contributed by atoms with van der Waals surface area (Å²) < 4.78 is 136. The summed E-state index contributed by atoms with van der Waals surface area (Å²) in [6.45, 7) is 5.95. The zero-order valence-electron chi connectivity index (χ0n) is 27.7. The number of nitrogens with zero attached hydrogens (tertiary/aromatic N) is 2. The van der Waals surface area contributed by atoms with Crippen molar-refractivity contribution < 1.29 is 63.3 Å². The number of hydrogen-bond donors (Lipinski definition) is 0. The minimum absolute atomic E-state index is 0.0314. The third-order valence-corrected chi connectivity index (χ3v) is 9.00. The van der Waals surface area contributed by atoms with Crippen molar-refractivity contribution in [3.8, 4) is 5.75 Å². The highest BCUT2D eigenvalue weighted by molar-refractivity contribution is 5.72. The lowest BCUT2D eigenvalue weighted by Crippen LogP contribution is -2.35. The second-order valence-electron chi connectivity index (χ2n) is 12.7. The van der Waals surface area contributed by atoms with Crippen LogP contribution in [0.25, 0.3) is 0 Å². The lowest BCUT2D eigenvalue weighted by Gasteiger charge is -2.35. The van der Waals surface area contributed by atoms with Gasteiger partial charge < -0.3 is 19.1 Å². The summed E-state index contributed by atoms with van der Waals surface area (Å²) in [5.41, 5.74) is -2.99. The number of carbonyl (C=O) groups excluding carboxylic acids is 2.